The van der Waals surface area contributed by atoms with E-state index in [1.165, 1.54) is 4.57 Å². The fourth-order valence-corrected chi connectivity index (χ4v) is 3.38. The van der Waals surface area contributed by atoms with Crippen molar-refractivity contribution < 1.29 is 13.5 Å². The van der Waals surface area contributed by atoms with Crippen LogP contribution in [0.15, 0.2) is 65.8 Å². The summed E-state index contributed by atoms with van der Waals surface area (Å²) in [7, 11) is 1.67. The maximum absolute atomic E-state index is 12.4. The van der Waals surface area contributed by atoms with Gasteiger partial charge in [0.05, 0.1) is 0 Å². The van der Waals surface area contributed by atoms with E-state index >= 15 is 0 Å². The predicted molar refractivity (Wildman–Crippen MR) is 109 cm³/mol. The van der Waals surface area contributed by atoms with Crippen LogP contribution in [0.25, 0.3) is 22.0 Å². The van der Waals surface area contributed by atoms with Crippen molar-refractivity contribution in [1.29, 1.82) is 0 Å². The number of ether oxygens (including phenoxy) is 1. The van der Waals surface area contributed by atoms with Gasteiger partial charge in [-0.2, -0.15) is 0 Å². The molecule has 1 unspecified atom stereocenters. The number of hydrogen-bond donors (Lipinski definition) is 2. The summed E-state index contributed by atoms with van der Waals surface area (Å²) in [6.07, 6.45) is 4.97. The Hall–Kier alpha value is -3.27. The summed E-state index contributed by atoms with van der Waals surface area (Å²) in [4.78, 5) is 19.8. The van der Waals surface area contributed by atoms with E-state index in [1.54, 1.807) is 31.7 Å². The van der Waals surface area contributed by atoms with Crippen molar-refractivity contribution in [2.75, 3.05) is 0 Å². The van der Waals surface area contributed by atoms with E-state index in [0.29, 0.717) is 28.3 Å². The minimum Gasteiger partial charge on any atom is -0.760 e. The molecule has 0 amide bonds. The summed E-state index contributed by atoms with van der Waals surface area (Å²) in [5.41, 5.74) is 2.37. The lowest BCUT2D eigenvalue weighted by atomic mass is 10.0. The van der Waals surface area contributed by atoms with Gasteiger partial charge in [0.1, 0.15) is 11.3 Å². The molecular formula is C20H17N4O4S-. The molecule has 0 aliphatic heterocycles. The van der Waals surface area contributed by atoms with Gasteiger partial charge in [-0.15, -0.1) is 0 Å². The van der Waals surface area contributed by atoms with E-state index in [0.717, 1.165) is 10.9 Å². The SMILES string of the molecule is Cn1cc(-c2cc(CNS(=O)[O-])cnc2Oc2ccccc2)c2cc[nH]c2c1=O. The molecule has 3 aromatic heterocycles. The van der Waals surface area contributed by atoms with Crippen LogP contribution in [-0.4, -0.2) is 23.3 Å². The monoisotopic (exact) mass is 409 g/mol. The van der Waals surface area contributed by atoms with Crippen molar-refractivity contribution in [2.45, 2.75) is 6.54 Å². The number of fused-ring (bicyclic) bond motifs is 1. The number of hydrogen-bond acceptors (Lipinski definition) is 5. The minimum absolute atomic E-state index is 0.0871. The molecule has 0 fully saturated rings. The highest BCUT2D eigenvalue weighted by atomic mass is 32.2. The number of aromatic nitrogens is 3. The van der Waals surface area contributed by atoms with Gasteiger partial charge in [-0.3, -0.25) is 9.00 Å². The molecule has 0 aliphatic carbocycles. The summed E-state index contributed by atoms with van der Waals surface area (Å²) in [6.45, 7) is 0.0871. The predicted octanol–water partition coefficient (Wildman–Crippen LogP) is 2.60. The van der Waals surface area contributed by atoms with Crippen molar-refractivity contribution in [3.63, 3.8) is 0 Å². The smallest absolute Gasteiger partial charge is 0.274 e. The first-order valence-electron chi connectivity index (χ1n) is 8.74. The second-order valence-corrected chi connectivity index (χ2v) is 7.15. The van der Waals surface area contributed by atoms with E-state index in [2.05, 4.69) is 14.7 Å². The number of aryl methyl sites for hydroxylation is 1. The summed E-state index contributed by atoms with van der Waals surface area (Å²) >= 11 is -2.39. The van der Waals surface area contributed by atoms with Crippen molar-refractivity contribution in [2.24, 2.45) is 7.05 Å². The van der Waals surface area contributed by atoms with E-state index < -0.39 is 11.3 Å². The maximum atomic E-state index is 12.4. The Morgan fingerprint density at radius 1 is 1.24 bits per heavy atom. The summed E-state index contributed by atoms with van der Waals surface area (Å²) in [5.74, 6) is 0.965. The molecule has 0 spiro atoms. The van der Waals surface area contributed by atoms with Crippen LogP contribution < -0.4 is 15.0 Å². The maximum Gasteiger partial charge on any atom is 0.274 e. The van der Waals surface area contributed by atoms with Gasteiger partial charge >= 0.3 is 0 Å². The fraction of sp³-hybridized carbons (Fsp3) is 0.100. The zero-order valence-corrected chi connectivity index (χ0v) is 16.2. The van der Waals surface area contributed by atoms with Crippen molar-refractivity contribution in [1.82, 2.24) is 19.3 Å². The number of nitrogens with one attached hydrogen (secondary N) is 2. The van der Waals surface area contributed by atoms with Crippen molar-refractivity contribution >= 4 is 22.2 Å². The number of pyridine rings is 2. The Morgan fingerprint density at radius 3 is 2.79 bits per heavy atom. The summed E-state index contributed by atoms with van der Waals surface area (Å²) in [6, 6.07) is 12.8. The van der Waals surface area contributed by atoms with Gasteiger partial charge in [0, 0.05) is 60.0 Å². The fourth-order valence-electron chi connectivity index (χ4n) is 3.09. The number of benzene rings is 1. The zero-order chi connectivity index (χ0) is 20.4. The third-order valence-electron chi connectivity index (χ3n) is 4.44. The van der Waals surface area contributed by atoms with Crippen LogP contribution >= 0.6 is 0 Å². The van der Waals surface area contributed by atoms with Crippen LogP contribution in [0.1, 0.15) is 5.56 Å². The lowest BCUT2D eigenvalue weighted by Gasteiger charge is -2.14. The molecule has 4 aromatic rings. The third kappa shape index (κ3) is 3.97. The molecule has 9 heteroatoms. The molecule has 29 heavy (non-hydrogen) atoms. The Kier molecular flexibility index (Phi) is 5.26. The first kappa shape index (κ1) is 19.1. The largest absolute Gasteiger partial charge is 0.760 e. The van der Waals surface area contributed by atoms with Gasteiger partial charge < -0.3 is 18.8 Å². The van der Waals surface area contributed by atoms with E-state index in [-0.39, 0.29) is 12.1 Å². The van der Waals surface area contributed by atoms with E-state index in [4.69, 9.17) is 4.74 Å². The minimum atomic E-state index is -2.39. The number of nitrogens with zero attached hydrogens (tertiary/aromatic N) is 2. The molecule has 4 rings (SSSR count). The highest BCUT2D eigenvalue weighted by Crippen LogP contribution is 2.35. The van der Waals surface area contributed by atoms with Gasteiger partial charge in [-0.1, -0.05) is 18.2 Å². The van der Waals surface area contributed by atoms with Crippen LogP contribution in [0.4, 0.5) is 0 Å². The Balaban J connectivity index is 1.88. The van der Waals surface area contributed by atoms with Crippen LogP contribution in [0.3, 0.4) is 0 Å². The lowest BCUT2D eigenvalue weighted by molar-refractivity contribution is 0.464. The summed E-state index contributed by atoms with van der Waals surface area (Å²) in [5, 5.41) is 0.727. The first-order valence-corrected chi connectivity index (χ1v) is 9.82. The highest BCUT2D eigenvalue weighted by Gasteiger charge is 2.16. The molecule has 0 radical (unpaired) electrons. The van der Waals surface area contributed by atoms with Gasteiger partial charge in [-0.25, -0.2) is 9.71 Å². The quantitative estimate of drug-likeness (QED) is 0.476. The van der Waals surface area contributed by atoms with Crippen molar-refractivity contribution in [3.8, 4) is 22.8 Å². The Bertz CT molecular complexity index is 1250. The van der Waals surface area contributed by atoms with Crippen LogP contribution in [0.5, 0.6) is 11.6 Å². The molecule has 0 bridgehead atoms. The Morgan fingerprint density at radius 2 is 2.03 bits per heavy atom. The molecule has 0 aliphatic rings. The van der Waals surface area contributed by atoms with Gasteiger partial charge in [0.15, 0.2) is 0 Å². The second kappa shape index (κ2) is 8.00. The van der Waals surface area contributed by atoms with Gasteiger partial charge in [0.2, 0.25) is 5.88 Å². The normalized spacial score (nSPS) is 12.2. The molecule has 2 N–H and O–H groups in total. The van der Waals surface area contributed by atoms with E-state index in [1.807, 2.05) is 36.4 Å². The van der Waals surface area contributed by atoms with E-state index in [9.17, 15) is 13.6 Å². The number of H-pyrrole nitrogens is 1. The molecule has 148 valence electrons. The molecule has 0 saturated heterocycles. The van der Waals surface area contributed by atoms with Crippen molar-refractivity contribution in [3.05, 3.63) is 77.0 Å². The number of aromatic amines is 1. The van der Waals surface area contributed by atoms with Crippen LogP contribution in [0.2, 0.25) is 0 Å². The average molecular weight is 409 g/mol. The van der Waals surface area contributed by atoms with Gasteiger partial charge in [-0.05, 0) is 29.8 Å². The molecule has 3 heterocycles. The topological polar surface area (TPSA) is 112 Å². The first-order chi connectivity index (χ1) is 14.0. The second-order valence-electron chi connectivity index (χ2n) is 6.39. The van der Waals surface area contributed by atoms with Crippen LogP contribution in [-0.2, 0) is 24.9 Å². The van der Waals surface area contributed by atoms with Gasteiger partial charge in [0.25, 0.3) is 5.56 Å². The zero-order valence-electron chi connectivity index (χ0n) is 15.4. The Labute approximate surface area is 168 Å². The number of rotatable bonds is 6. The summed E-state index contributed by atoms with van der Waals surface area (Å²) < 4.78 is 31.5. The molecule has 1 aromatic carbocycles. The third-order valence-corrected chi connectivity index (χ3v) is 4.82. The molecule has 8 nitrogen and oxygen atoms in total. The highest BCUT2D eigenvalue weighted by molar-refractivity contribution is 7.77. The average Bonchev–Trinajstić information content (AvgIpc) is 3.21. The standard InChI is InChI=1S/C20H18N4O4S/c1-24-12-17(15-7-8-21-18(15)20(24)25)16-9-13(11-23-29(26)27)10-22-19(16)28-14-5-3-2-4-6-14/h2-10,12,21,23H,11H2,1H3,(H,26,27)/p-1. The molecular weight excluding hydrogens is 392 g/mol. The molecule has 1 atom stereocenters. The number of para-hydroxylation sites is 1. The van der Waals surface area contributed by atoms with Crippen LogP contribution in [0, 0.1) is 0 Å². The lowest BCUT2D eigenvalue weighted by Crippen LogP contribution is -2.17. The molecule has 0 saturated carbocycles.